The minimum atomic E-state index is -0.461. The fourth-order valence-corrected chi connectivity index (χ4v) is 1.73. The molecule has 0 spiro atoms. The van der Waals surface area contributed by atoms with Crippen LogP contribution in [0.25, 0.3) is 0 Å². The predicted octanol–water partition coefficient (Wildman–Crippen LogP) is 3.04. The number of ketones is 1. The first-order chi connectivity index (χ1) is 9.53. The van der Waals surface area contributed by atoms with Gasteiger partial charge in [-0.05, 0) is 45.7 Å². The van der Waals surface area contributed by atoms with Crippen molar-refractivity contribution in [2.45, 2.75) is 27.7 Å². The maximum Gasteiger partial charge on any atom is 0.415 e. The Morgan fingerprint density at radius 3 is 2.45 bits per heavy atom. The van der Waals surface area contributed by atoms with Crippen LogP contribution in [0.15, 0.2) is 18.2 Å². The Balaban J connectivity index is 3.08. The lowest BCUT2D eigenvalue weighted by molar-refractivity contribution is 0.105. The standard InChI is InChI=1S/C16H19NO3/c1-5-8-14(18)13-11-12(4)9-10-15(13)20-16(19)17(6-2)7-3/h9-11H,6-7H2,1-4H3. The van der Waals surface area contributed by atoms with Gasteiger partial charge in [0.1, 0.15) is 5.75 Å². The number of benzene rings is 1. The summed E-state index contributed by atoms with van der Waals surface area (Å²) in [5, 5.41) is 0. The molecular weight excluding hydrogens is 254 g/mol. The molecule has 0 N–H and O–H groups in total. The number of nitrogens with zero attached hydrogens (tertiary/aromatic N) is 1. The van der Waals surface area contributed by atoms with E-state index in [0.29, 0.717) is 18.7 Å². The molecule has 4 nitrogen and oxygen atoms in total. The van der Waals surface area contributed by atoms with Crippen LogP contribution in [-0.4, -0.2) is 29.9 Å². The van der Waals surface area contributed by atoms with Gasteiger partial charge in [0, 0.05) is 13.1 Å². The Labute approximate surface area is 119 Å². The molecule has 0 aliphatic carbocycles. The summed E-state index contributed by atoms with van der Waals surface area (Å²) in [4.78, 5) is 25.4. The largest absolute Gasteiger partial charge is 0.415 e. The van der Waals surface area contributed by atoms with Crippen LogP contribution in [0.4, 0.5) is 4.79 Å². The van der Waals surface area contributed by atoms with E-state index in [1.165, 1.54) is 0 Å². The monoisotopic (exact) mass is 273 g/mol. The van der Waals surface area contributed by atoms with Crippen LogP contribution in [0.5, 0.6) is 5.75 Å². The molecule has 0 bridgehead atoms. The molecule has 1 rings (SSSR count). The minimum absolute atomic E-state index is 0.250. The second-order valence-electron chi connectivity index (χ2n) is 4.24. The highest BCUT2D eigenvalue weighted by Crippen LogP contribution is 2.21. The molecule has 0 saturated heterocycles. The summed E-state index contributed by atoms with van der Waals surface area (Å²) < 4.78 is 5.31. The van der Waals surface area contributed by atoms with Gasteiger partial charge < -0.3 is 9.64 Å². The van der Waals surface area contributed by atoms with Gasteiger partial charge in [0.15, 0.2) is 0 Å². The average molecular weight is 273 g/mol. The maximum absolute atomic E-state index is 11.9. The second-order valence-corrected chi connectivity index (χ2v) is 4.24. The van der Waals surface area contributed by atoms with Crippen molar-refractivity contribution in [2.24, 2.45) is 0 Å². The number of hydrogen-bond donors (Lipinski definition) is 0. The van der Waals surface area contributed by atoms with Gasteiger partial charge in [0.25, 0.3) is 0 Å². The zero-order chi connectivity index (χ0) is 15.1. The van der Waals surface area contributed by atoms with Crippen molar-refractivity contribution >= 4 is 11.9 Å². The van der Waals surface area contributed by atoms with Crippen molar-refractivity contribution in [2.75, 3.05) is 13.1 Å². The van der Waals surface area contributed by atoms with Crippen LogP contribution in [0.3, 0.4) is 0 Å². The lowest BCUT2D eigenvalue weighted by Crippen LogP contribution is -2.33. The van der Waals surface area contributed by atoms with Gasteiger partial charge in [-0.15, -0.1) is 0 Å². The highest BCUT2D eigenvalue weighted by molar-refractivity contribution is 6.11. The summed E-state index contributed by atoms with van der Waals surface area (Å²) in [7, 11) is 0. The molecule has 0 unspecified atom stereocenters. The third kappa shape index (κ3) is 3.86. The van der Waals surface area contributed by atoms with Crippen LogP contribution >= 0.6 is 0 Å². The predicted molar refractivity (Wildman–Crippen MR) is 77.9 cm³/mol. The Hall–Kier alpha value is -2.28. The fraction of sp³-hybridized carbons (Fsp3) is 0.375. The molecule has 1 aromatic carbocycles. The smallest absolute Gasteiger partial charge is 0.409 e. The third-order valence-corrected chi connectivity index (χ3v) is 2.84. The van der Waals surface area contributed by atoms with E-state index in [1.54, 1.807) is 30.0 Å². The molecular formula is C16H19NO3. The van der Waals surface area contributed by atoms with E-state index >= 15 is 0 Å². The van der Waals surface area contributed by atoms with Crippen LogP contribution in [0, 0.1) is 18.8 Å². The lowest BCUT2D eigenvalue weighted by atomic mass is 10.1. The van der Waals surface area contributed by atoms with E-state index in [0.717, 1.165) is 5.56 Å². The Bertz CT molecular complexity index is 563. The van der Waals surface area contributed by atoms with Crippen LogP contribution in [0.1, 0.15) is 36.7 Å². The van der Waals surface area contributed by atoms with E-state index in [1.807, 2.05) is 20.8 Å². The number of rotatable bonds is 4. The maximum atomic E-state index is 11.9. The molecule has 0 radical (unpaired) electrons. The number of hydrogen-bond acceptors (Lipinski definition) is 3. The highest BCUT2D eigenvalue weighted by atomic mass is 16.6. The zero-order valence-electron chi connectivity index (χ0n) is 12.3. The fourth-order valence-electron chi connectivity index (χ4n) is 1.73. The molecule has 0 saturated carbocycles. The average Bonchev–Trinajstić information content (AvgIpc) is 2.42. The van der Waals surface area contributed by atoms with Crippen LogP contribution in [0.2, 0.25) is 0 Å². The number of Topliss-reactive ketones (excluding diaryl/α,β-unsaturated/α-hetero) is 1. The zero-order valence-corrected chi connectivity index (χ0v) is 12.3. The number of ether oxygens (including phenoxy) is 1. The molecule has 0 fully saturated rings. The van der Waals surface area contributed by atoms with Gasteiger partial charge in [-0.1, -0.05) is 17.6 Å². The van der Waals surface area contributed by atoms with E-state index in [4.69, 9.17) is 4.74 Å². The first-order valence-corrected chi connectivity index (χ1v) is 6.57. The summed E-state index contributed by atoms with van der Waals surface area (Å²) in [5.74, 6) is 4.93. The molecule has 0 heterocycles. The first kappa shape index (κ1) is 15.8. The van der Waals surface area contributed by atoms with Crippen molar-refractivity contribution in [1.82, 2.24) is 4.90 Å². The van der Waals surface area contributed by atoms with Crippen molar-refractivity contribution < 1.29 is 14.3 Å². The number of amides is 1. The summed E-state index contributed by atoms with van der Waals surface area (Å²) >= 11 is 0. The van der Waals surface area contributed by atoms with Gasteiger partial charge in [0.2, 0.25) is 5.78 Å². The minimum Gasteiger partial charge on any atom is -0.409 e. The van der Waals surface area contributed by atoms with E-state index in [2.05, 4.69) is 11.8 Å². The van der Waals surface area contributed by atoms with Gasteiger partial charge in [-0.3, -0.25) is 4.79 Å². The van der Waals surface area contributed by atoms with Crippen LogP contribution in [-0.2, 0) is 0 Å². The third-order valence-electron chi connectivity index (χ3n) is 2.84. The first-order valence-electron chi connectivity index (χ1n) is 6.57. The van der Waals surface area contributed by atoms with E-state index in [9.17, 15) is 9.59 Å². The molecule has 4 heteroatoms. The Morgan fingerprint density at radius 2 is 1.90 bits per heavy atom. The lowest BCUT2D eigenvalue weighted by Gasteiger charge is -2.18. The van der Waals surface area contributed by atoms with Gasteiger partial charge in [-0.2, -0.15) is 0 Å². The molecule has 106 valence electrons. The van der Waals surface area contributed by atoms with Gasteiger partial charge in [0.05, 0.1) is 5.56 Å². The molecule has 1 aromatic rings. The Morgan fingerprint density at radius 1 is 1.25 bits per heavy atom. The topological polar surface area (TPSA) is 46.6 Å². The molecule has 0 aromatic heterocycles. The van der Waals surface area contributed by atoms with Crippen molar-refractivity contribution in [3.63, 3.8) is 0 Å². The van der Waals surface area contributed by atoms with Gasteiger partial charge in [-0.25, -0.2) is 4.79 Å². The quantitative estimate of drug-likeness (QED) is 0.481. The second kappa shape index (κ2) is 7.34. The number of carbonyl (C=O) groups excluding carboxylic acids is 2. The van der Waals surface area contributed by atoms with Crippen molar-refractivity contribution in [3.8, 4) is 17.6 Å². The van der Waals surface area contributed by atoms with Gasteiger partial charge >= 0.3 is 6.09 Å². The van der Waals surface area contributed by atoms with E-state index < -0.39 is 6.09 Å². The van der Waals surface area contributed by atoms with Crippen LogP contribution < -0.4 is 4.74 Å². The number of carbonyl (C=O) groups is 2. The van der Waals surface area contributed by atoms with E-state index in [-0.39, 0.29) is 11.5 Å². The molecule has 0 atom stereocenters. The highest BCUT2D eigenvalue weighted by Gasteiger charge is 2.17. The Kier molecular flexibility index (Phi) is 5.79. The number of aryl methyl sites for hydroxylation is 1. The summed E-state index contributed by atoms with van der Waals surface area (Å²) in [6.07, 6.45) is -0.461. The summed E-state index contributed by atoms with van der Waals surface area (Å²) in [6, 6.07) is 5.10. The normalized spacial score (nSPS) is 9.40. The summed E-state index contributed by atoms with van der Waals surface area (Å²) in [5.41, 5.74) is 1.23. The molecule has 1 amide bonds. The van der Waals surface area contributed by atoms with Crippen molar-refractivity contribution in [1.29, 1.82) is 0 Å². The molecule has 0 aliphatic heterocycles. The molecule has 20 heavy (non-hydrogen) atoms. The summed E-state index contributed by atoms with van der Waals surface area (Å²) in [6.45, 7) is 8.31. The SMILES string of the molecule is CC#CC(=O)c1cc(C)ccc1OC(=O)N(CC)CC. The molecule has 0 aliphatic rings. The van der Waals surface area contributed by atoms with Crippen molar-refractivity contribution in [3.05, 3.63) is 29.3 Å².